The minimum absolute atomic E-state index is 0.0433. The van der Waals surface area contributed by atoms with E-state index in [1.165, 1.54) is 0 Å². The Morgan fingerprint density at radius 2 is 1.82 bits per heavy atom. The van der Waals surface area contributed by atoms with E-state index in [0.29, 0.717) is 5.75 Å². The third kappa shape index (κ3) is 8.56. The fraction of sp³-hybridized carbons (Fsp3) is 0.700. The molecule has 0 aliphatic rings. The molecule has 0 aliphatic carbocycles. The van der Waals surface area contributed by atoms with Gasteiger partial charge in [-0.15, -0.1) is 11.8 Å². The summed E-state index contributed by atoms with van der Waals surface area (Å²) in [7, 11) is 0. The van der Waals surface area contributed by atoms with Crippen LogP contribution in [-0.4, -0.2) is 45.1 Å². The lowest BCUT2D eigenvalue weighted by molar-refractivity contribution is -0.142. The second-order valence-electron chi connectivity index (χ2n) is 3.77. The molecule has 0 spiro atoms. The van der Waals surface area contributed by atoms with Crippen LogP contribution in [0.3, 0.4) is 0 Å². The Morgan fingerprint density at radius 3 is 2.24 bits per heavy atom. The molecule has 0 aromatic carbocycles. The first-order chi connectivity index (χ1) is 7.82. The lowest BCUT2D eigenvalue weighted by Crippen LogP contribution is -2.30. The summed E-state index contributed by atoms with van der Waals surface area (Å²) in [4.78, 5) is 32.3. The van der Waals surface area contributed by atoms with E-state index in [-0.39, 0.29) is 18.4 Å². The average Bonchev–Trinajstić information content (AvgIpc) is 2.13. The van der Waals surface area contributed by atoms with E-state index in [1.54, 1.807) is 0 Å². The van der Waals surface area contributed by atoms with E-state index in [0.717, 1.165) is 11.8 Å². The van der Waals surface area contributed by atoms with Crippen LogP contribution in [0.25, 0.3) is 0 Å². The van der Waals surface area contributed by atoms with Crippen LogP contribution in [0.1, 0.15) is 26.7 Å². The molecule has 3 N–H and O–H groups in total. The number of amides is 1. The molecule has 0 fully saturated rings. The first kappa shape index (κ1) is 15.8. The number of thioether (sulfide) groups is 1. The molecule has 0 saturated heterocycles. The van der Waals surface area contributed by atoms with Crippen LogP contribution in [0, 0.1) is 0 Å². The highest BCUT2D eigenvalue weighted by atomic mass is 32.2. The summed E-state index contributed by atoms with van der Waals surface area (Å²) in [5.74, 6) is -2.19. The highest BCUT2D eigenvalue weighted by Gasteiger charge is 2.21. The van der Waals surface area contributed by atoms with E-state index in [9.17, 15) is 14.4 Å². The van der Waals surface area contributed by atoms with Crippen LogP contribution in [0.15, 0.2) is 0 Å². The Hall–Kier alpha value is -1.24. The number of nitrogens with one attached hydrogen (secondary N) is 1. The van der Waals surface area contributed by atoms with E-state index in [2.05, 4.69) is 5.32 Å². The molecule has 0 aliphatic heterocycles. The fourth-order valence-corrected chi connectivity index (χ4v) is 2.05. The third-order valence-corrected chi connectivity index (χ3v) is 2.94. The molecular weight excluding hydrogens is 246 g/mol. The summed E-state index contributed by atoms with van der Waals surface area (Å²) in [6.07, 6.45) is -0.252. The van der Waals surface area contributed by atoms with Gasteiger partial charge in [0.05, 0.1) is 6.42 Å². The van der Waals surface area contributed by atoms with E-state index in [1.807, 2.05) is 13.8 Å². The number of carbonyl (C=O) groups excluding carboxylic acids is 1. The SMILES string of the molecule is CC(C)NC(=O)CCSC(CC(=O)O)C(=O)O. The molecule has 1 unspecified atom stereocenters. The molecule has 1 atom stereocenters. The lowest BCUT2D eigenvalue weighted by atomic mass is 10.3. The van der Waals surface area contributed by atoms with Gasteiger partial charge in [-0.25, -0.2) is 0 Å². The van der Waals surface area contributed by atoms with Gasteiger partial charge in [0.1, 0.15) is 5.25 Å². The van der Waals surface area contributed by atoms with Gasteiger partial charge in [0, 0.05) is 18.2 Å². The maximum absolute atomic E-state index is 11.2. The molecule has 98 valence electrons. The van der Waals surface area contributed by atoms with Gasteiger partial charge in [-0.05, 0) is 13.8 Å². The van der Waals surface area contributed by atoms with Gasteiger partial charge < -0.3 is 15.5 Å². The Bertz CT molecular complexity index is 292. The van der Waals surface area contributed by atoms with Crippen LogP contribution in [-0.2, 0) is 14.4 Å². The summed E-state index contributed by atoms with van der Waals surface area (Å²) >= 11 is 0.972. The largest absolute Gasteiger partial charge is 0.481 e. The van der Waals surface area contributed by atoms with Crippen molar-refractivity contribution in [1.82, 2.24) is 5.32 Å². The molecule has 17 heavy (non-hydrogen) atoms. The van der Waals surface area contributed by atoms with Gasteiger partial charge in [-0.2, -0.15) is 0 Å². The topological polar surface area (TPSA) is 104 Å². The minimum Gasteiger partial charge on any atom is -0.481 e. The Labute approximate surface area is 104 Å². The maximum Gasteiger partial charge on any atom is 0.317 e. The van der Waals surface area contributed by atoms with Crippen molar-refractivity contribution in [2.45, 2.75) is 38.0 Å². The second kappa shape index (κ2) is 7.94. The van der Waals surface area contributed by atoms with Crippen LogP contribution in [0.4, 0.5) is 0 Å². The summed E-state index contributed by atoms with van der Waals surface area (Å²) in [6.45, 7) is 3.66. The van der Waals surface area contributed by atoms with Gasteiger partial charge in [0.25, 0.3) is 0 Å². The summed E-state index contributed by atoms with van der Waals surface area (Å²) in [6, 6.07) is 0.0433. The summed E-state index contributed by atoms with van der Waals surface area (Å²) < 4.78 is 0. The number of carbonyl (C=O) groups is 3. The first-order valence-electron chi connectivity index (χ1n) is 5.18. The smallest absolute Gasteiger partial charge is 0.317 e. The monoisotopic (exact) mass is 263 g/mol. The van der Waals surface area contributed by atoms with Crippen LogP contribution >= 0.6 is 11.8 Å². The Kier molecular flexibility index (Phi) is 7.36. The van der Waals surface area contributed by atoms with E-state index in [4.69, 9.17) is 10.2 Å². The number of rotatable bonds is 8. The molecule has 0 aromatic rings. The van der Waals surface area contributed by atoms with Crippen molar-refractivity contribution in [1.29, 1.82) is 0 Å². The molecule has 7 heteroatoms. The van der Waals surface area contributed by atoms with Crippen molar-refractivity contribution in [2.75, 3.05) is 5.75 Å². The average molecular weight is 263 g/mol. The third-order valence-electron chi connectivity index (χ3n) is 1.73. The number of aliphatic carboxylic acids is 2. The van der Waals surface area contributed by atoms with Gasteiger partial charge in [-0.1, -0.05) is 0 Å². The predicted molar refractivity (Wildman–Crippen MR) is 64.0 cm³/mol. The first-order valence-corrected chi connectivity index (χ1v) is 6.23. The normalized spacial score (nSPS) is 12.2. The highest BCUT2D eigenvalue weighted by Crippen LogP contribution is 2.16. The van der Waals surface area contributed by atoms with Crippen molar-refractivity contribution in [3.05, 3.63) is 0 Å². The van der Waals surface area contributed by atoms with Crippen molar-refractivity contribution in [2.24, 2.45) is 0 Å². The quantitative estimate of drug-likeness (QED) is 0.591. The Balaban J connectivity index is 3.94. The lowest BCUT2D eigenvalue weighted by Gasteiger charge is -2.10. The number of carboxylic acid groups (broad SMARTS) is 2. The summed E-state index contributed by atoms with van der Waals surface area (Å²) in [5, 5.41) is 18.9. The minimum atomic E-state index is -1.17. The molecule has 0 aromatic heterocycles. The molecular formula is C10H17NO5S. The van der Waals surface area contributed by atoms with Crippen LogP contribution < -0.4 is 5.32 Å². The molecule has 0 rings (SSSR count). The zero-order chi connectivity index (χ0) is 13.4. The molecule has 6 nitrogen and oxygen atoms in total. The molecule has 0 saturated carbocycles. The molecule has 1 amide bonds. The van der Waals surface area contributed by atoms with Crippen LogP contribution in [0.2, 0.25) is 0 Å². The highest BCUT2D eigenvalue weighted by molar-refractivity contribution is 8.00. The molecule has 0 bridgehead atoms. The zero-order valence-electron chi connectivity index (χ0n) is 9.80. The molecule has 0 heterocycles. The second-order valence-corrected chi connectivity index (χ2v) is 5.08. The van der Waals surface area contributed by atoms with E-state index < -0.39 is 23.6 Å². The van der Waals surface area contributed by atoms with Crippen molar-refractivity contribution in [3.63, 3.8) is 0 Å². The van der Waals surface area contributed by atoms with Gasteiger partial charge in [0.15, 0.2) is 0 Å². The predicted octanol–water partition coefficient (Wildman–Crippen LogP) is 0.562. The maximum atomic E-state index is 11.2. The van der Waals surface area contributed by atoms with Crippen molar-refractivity contribution < 1.29 is 24.6 Å². The standard InChI is InChI=1S/C10H17NO5S/c1-6(2)11-8(12)3-4-17-7(10(15)16)5-9(13)14/h6-7H,3-5H2,1-2H3,(H,11,12)(H,13,14)(H,15,16). The number of hydrogen-bond acceptors (Lipinski definition) is 4. The number of hydrogen-bond donors (Lipinski definition) is 3. The van der Waals surface area contributed by atoms with Crippen molar-refractivity contribution in [3.8, 4) is 0 Å². The zero-order valence-corrected chi connectivity index (χ0v) is 10.6. The Morgan fingerprint density at radius 1 is 1.24 bits per heavy atom. The van der Waals surface area contributed by atoms with Gasteiger partial charge >= 0.3 is 11.9 Å². The fourth-order valence-electron chi connectivity index (χ4n) is 1.06. The van der Waals surface area contributed by atoms with Crippen molar-refractivity contribution >= 4 is 29.6 Å². The van der Waals surface area contributed by atoms with Crippen LogP contribution in [0.5, 0.6) is 0 Å². The summed E-state index contributed by atoms with van der Waals surface area (Å²) in [5.41, 5.74) is 0. The van der Waals surface area contributed by atoms with Gasteiger partial charge in [-0.3, -0.25) is 14.4 Å². The van der Waals surface area contributed by atoms with Gasteiger partial charge in [0.2, 0.25) is 5.91 Å². The number of carboxylic acids is 2. The van der Waals surface area contributed by atoms with E-state index >= 15 is 0 Å². The molecule has 0 radical (unpaired) electrons.